The predicted octanol–water partition coefficient (Wildman–Crippen LogP) is 3.82. The minimum atomic E-state index is 0. The van der Waals surface area contributed by atoms with E-state index in [1.54, 1.807) is 0 Å². The highest BCUT2D eigenvalue weighted by molar-refractivity contribution is 14.0. The monoisotopic (exact) mass is 547 g/mol. The van der Waals surface area contributed by atoms with Crippen LogP contribution in [0.2, 0.25) is 5.02 Å². The molecule has 170 valence electrons. The van der Waals surface area contributed by atoms with Gasteiger partial charge in [0.2, 0.25) is 0 Å². The Morgan fingerprint density at radius 3 is 2.43 bits per heavy atom. The molecule has 0 spiro atoms. The number of piperazine rings is 1. The molecule has 2 aliphatic rings. The summed E-state index contributed by atoms with van der Waals surface area (Å²) in [5.41, 5.74) is 1.49. The van der Waals surface area contributed by atoms with Crippen LogP contribution < -0.4 is 10.6 Å². The third kappa shape index (κ3) is 6.97. The first-order valence-electron chi connectivity index (χ1n) is 11.1. The van der Waals surface area contributed by atoms with E-state index < -0.39 is 0 Å². The van der Waals surface area contributed by atoms with Gasteiger partial charge in [0.1, 0.15) is 0 Å². The summed E-state index contributed by atoms with van der Waals surface area (Å²) in [5, 5.41) is 7.88. The zero-order chi connectivity index (χ0) is 20.9. The van der Waals surface area contributed by atoms with Gasteiger partial charge in [0, 0.05) is 55.7 Å². The second-order valence-corrected chi connectivity index (χ2v) is 9.45. The van der Waals surface area contributed by atoms with E-state index in [4.69, 9.17) is 16.6 Å². The highest BCUT2D eigenvalue weighted by Gasteiger charge is 2.44. The van der Waals surface area contributed by atoms with Gasteiger partial charge in [-0.1, -0.05) is 37.6 Å². The number of benzene rings is 1. The van der Waals surface area contributed by atoms with E-state index in [-0.39, 0.29) is 29.4 Å². The molecular formula is C23H39ClIN5. The summed E-state index contributed by atoms with van der Waals surface area (Å²) in [7, 11) is 2.21. The summed E-state index contributed by atoms with van der Waals surface area (Å²) < 4.78 is 0. The molecule has 3 rings (SSSR count). The van der Waals surface area contributed by atoms with Crippen LogP contribution in [-0.4, -0.2) is 74.7 Å². The minimum absolute atomic E-state index is 0. The maximum absolute atomic E-state index is 6.22. The highest BCUT2D eigenvalue weighted by Crippen LogP contribution is 2.48. The Morgan fingerprint density at radius 1 is 1.17 bits per heavy atom. The quantitative estimate of drug-likeness (QED) is 0.295. The smallest absolute Gasteiger partial charge is 0.191 e. The van der Waals surface area contributed by atoms with E-state index in [0.717, 1.165) is 56.8 Å². The standard InChI is InChI=1S/C23H38ClN5.HI/c1-5-25-22(26-16-21(18(2)3)29-13-11-28(4)12-14-29)27-17-23(9-10-23)19-7-6-8-20(24)15-19;/h6-8,15,18,21H,5,9-14,16-17H2,1-4H3,(H2,25,26,27);1H. The summed E-state index contributed by atoms with van der Waals surface area (Å²) >= 11 is 6.22. The largest absolute Gasteiger partial charge is 0.357 e. The molecule has 1 aromatic carbocycles. The Balaban J connectivity index is 0.00000320. The number of likely N-dealkylation sites (N-methyl/N-ethyl adjacent to an activating group) is 1. The molecule has 30 heavy (non-hydrogen) atoms. The first-order chi connectivity index (χ1) is 13.9. The molecule has 1 aliphatic carbocycles. The lowest BCUT2D eigenvalue weighted by Crippen LogP contribution is -2.55. The van der Waals surface area contributed by atoms with Gasteiger partial charge >= 0.3 is 0 Å². The van der Waals surface area contributed by atoms with Gasteiger partial charge in [-0.15, -0.1) is 24.0 Å². The molecular weight excluding hydrogens is 509 g/mol. The summed E-state index contributed by atoms with van der Waals surface area (Å²) in [6, 6.07) is 8.81. The van der Waals surface area contributed by atoms with E-state index in [1.807, 2.05) is 12.1 Å². The molecule has 0 aromatic heterocycles. The van der Waals surface area contributed by atoms with Crippen molar-refractivity contribution >= 4 is 41.5 Å². The zero-order valence-corrected chi connectivity index (χ0v) is 22.0. The molecule has 1 saturated carbocycles. The first kappa shape index (κ1) is 25.7. The number of hydrogen-bond donors (Lipinski definition) is 2. The van der Waals surface area contributed by atoms with Gasteiger partial charge in [-0.05, 0) is 50.4 Å². The second-order valence-electron chi connectivity index (χ2n) is 9.02. The molecule has 1 heterocycles. The SMILES string of the molecule is CCNC(=NCC1(c2cccc(Cl)c2)CC1)NCC(C(C)C)N1CCN(C)CC1.I. The van der Waals surface area contributed by atoms with E-state index in [9.17, 15) is 0 Å². The molecule has 0 amide bonds. The summed E-state index contributed by atoms with van der Waals surface area (Å²) in [6.07, 6.45) is 2.37. The van der Waals surface area contributed by atoms with Crippen molar-refractivity contribution in [2.75, 3.05) is 52.9 Å². The lowest BCUT2D eigenvalue weighted by Gasteiger charge is -2.40. The second kappa shape index (κ2) is 11.9. The van der Waals surface area contributed by atoms with Crippen molar-refractivity contribution in [2.24, 2.45) is 10.9 Å². The van der Waals surface area contributed by atoms with Crippen LogP contribution >= 0.6 is 35.6 Å². The van der Waals surface area contributed by atoms with Crippen LogP contribution in [0.25, 0.3) is 0 Å². The van der Waals surface area contributed by atoms with Crippen LogP contribution in [0.15, 0.2) is 29.3 Å². The minimum Gasteiger partial charge on any atom is -0.357 e. The van der Waals surface area contributed by atoms with E-state index in [1.165, 1.54) is 18.4 Å². The maximum Gasteiger partial charge on any atom is 0.191 e. The molecule has 1 atom stereocenters. The Bertz CT molecular complexity index is 684. The van der Waals surface area contributed by atoms with E-state index >= 15 is 0 Å². The summed E-state index contributed by atoms with van der Waals surface area (Å²) in [6.45, 7) is 14.0. The molecule has 5 nitrogen and oxygen atoms in total. The van der Waals surface area contributed by atoms with Crippen molar-refractivity contribution in [3.8, 4) is 0 Å². The van der Waals surface area contributed by atoms with Gasteiger partial charge in [-0.25, -0.2) is 0 Å². The molecule has 0 radical (unpaired) electrons. The Kier molecular flexibility index (Phi) is 10.2. The molecule has 0 bridgehead atoms. The van der Waals surface area contributed by atoms with Crippen molar-refractivity contribution in [1.82, 2.24) is 20.4 Å². The number of nitrogens with one attached hydrogen (secondary N) is 2. The molecule has 7 heteroatoms. The van der Waals surface area contributed by atoms with Gasteiger partial charge in [-0.2, -0.15) is 0 Å². The van der Waals surface area contributed by atoms with Crippen LogP contribution in [0.4, 0.5) is 0 Å². The first-order valence-corrected chi connectivity index (χ1v) is 11.5. The summed E-state index contributed by atoms with van der Waals surface area (Å²) in [4.78, 5) is 10.0. The van der Waals surface area contributed by atoms with Gasteiger partial charge in [0.25, 0.3) is 0 Å². The van der Waals surface area contributed by atoms with Crippen LogP contribution in [0.5, 0.6) is 0 Å². The van der Waals surface area contributed by atoms with Gasteiger partial charge in [0.15, 0.2) is 5.96 Å². The average molecular weight is 548 g/mol. The van der Waals surface area contributed by atoms with Crippen LogP contribution in [0.3, 0.4) is 0 Å². The van der Waals surface area contributed by atoms with Crippen molar-refractivity contribution in [1.29, 1.82) is 0 Å². The highest BCUT2D eigenvalue weighted by atomic mass is 127. The third-order valence-electron chi connectivity index (χ3n) is 6.43. The molecule has 1 unspecified atom stereocenters. The van der Waals surface area contributed by atoms with Crippen LogP contribution in [0.1, 0.15) is 39.2 Å². The number of guanidine groups is 1. The lowest BCUT2D eigenvalue weighted by molar-refractivity contribution is 0.0900. The number of hydrogen-bond acceptors (Lipinski definition) is 3. The number of aliphatic imine (C=N–C) groups is 1. The normalized spacial score (nSPS) is 20.5. The van der Waals surface area contributed by atoms with E-state index in [2.05, 4.69) is 60.4 Å². The Hall–Kier alpha value is -0.570. The molecule has 2 N–H and O–H groups in total. The topological polar surface area (TPSA) is 42.9 Å². The lowest BCUT2D eigenvalue weighted by atomic mass is 9.96. The molecule has 1 aromatic rings. The number of halogens is 2. The van der Waals surface area contributed by atoms with Gasteiger partial charge in [0.05, 0.1) is 6.54 Å². The van der Waals surface area contributed by atoms with Crippen LogP contribution in [-0.2, 0) is 5.41 Å². The fourth-order valence-electron chi connectivity index (χ4n) is 4.22. The zero-order valence-electron chi connectivity index (χ0n) is 19.0. The fourth-order valence-corrected chi connectivity index (χ4v) is 4.41. The van der Waals surface area contributed by atoms with Crippen molar-refractivity contribution in [2.45, 2.75) is 45.1 Å². The van der Waals surface area contributed by atoms with Crippen molar-refractivity contribution < 1.29 is 0 Å². The van der Waals surface area contributed by atoms with Crippen molar-refractivity contribution in [3.63, 3.8) is 0 Å². The van der Waals surface area contributed by atoms with Gasteiger partial charge < -0.3 is 15.5 Å². The molecule has 1 saturated heterocycles. The van der Waals surface area contributed by atoms with Crippen LogP contribution in [0, 0.1) is 5.92 Å². The fraction of sp³-hybridized carbons (Fsp3) is 0.696. The summed E-state index contributed by atoms with van der Waals surface area (Å²) in [5.74, 6) is 1.54. The number of rotatable bonds is 8. The van der Waals surface area contributed by atoms with Crippen molar-refractivity contribution in [3.05, 3.63) is 34.9 Å². The predicted molar refractivity (Wildman–Crippen MR) is 139 cm³/mol. The Morgan fingerprint density at radius 2 is 1.87 bits per heavy atom. The Labute approximate surface area is 205 Å². The number of nitrogens with zero attached hydrogens (tertiary/aromatic N) is 3. The molecule has 2 fully saturated rings. The average Bonchev–Trinajstić information content (AvgIpc) is 3.48. The van der Waals surface area contributed by atoms with Gasteiger partial charge in [-0.3, -0.25) is 9.89 Å². The molecule has 1 aliphatic heterocycles. The maximum atomic E-state index is 6.22. The third-order valence-corrected chi connectivity index (χ3v) is 6.66. The van der Waals surface area contributed by atoms with E-state index in [0.29, 0.717) is 12.0 Å².